The monoisotopic (exact) mass is 421 g/mol. The van der Waals surface area contributed by atoms with Crippen molar-refractivity contribution in [1.29, 1.82) is 0 Å². The SMILES string of the molecule is CN(C(=O)Nc1ccc(F)c(F)c1)C1COCc2[nH]c(=O)c3cc(F)c(F)cc3c21. The Hall–Kier alpha value is -3.40. The van der Waals surface area contributed by atoms with E-state index in [1.807, 2.05) is 0 Å². The van der Waals surface area contributed by atoms with Crippen molar-refractivity contribution >= 4 is 22.5 Å². The zero-order valence-electron chi connectivity index (χ0n) is 15.6. The Labute approximate surface area is 167 Å². The molecule has 0 saturated carbocycles. The number of aromatic nitrogens is 1. The van der Waals surface area contributed by atoms with Gasteiger partial charge in [0.05, 0.1) is 24.6 Å². The lowest BCUT2D eigenvalue weighted by Crippen LogP contribution is -2.39. The molecule has 4 rings (SSSR count). The normalized spacial score (nSPS) is 15.7. The third-order valence-electron chi connectivity index (χ3n) is 5.00. The summed E-state index contributed by atoms with van der Waals surface area (Å²) in [6, 6.07) is 3.18. The van der Waals surface area contributed by atoms with Crippen LogP contribution in [0.1, 0.15) is 17.3 Å². The molecule has 2 N–H and O–H groups in total. The molecule has 1 aliphatic heterocycles. The molecule has 3 aromatic rings. The van der Waals surface area contributed by atoms with Crippen LogP contribution in [0.5, 0.6) is 0 Å². The fourth-order valence-electron chi connectivity index (χ4n) is 3.47. The maximum atomic E-state index is 13.9. The summed E-state index contributed by atoms with van der Waals surface area (Å²) in [7, 11) is 1.43. The minimum atomic E-state index is -1.17. The molecular formula is C20H15F4N3O3. The molecule has 0 aliphatic carbocycles. The molecule has 1 aliphatic rings. The number of pyridine rings is 1. The van der Waals surface area contributed by atoms with E-state index >= 15 is 0 Å². The Bertz CT molecular complexity index is 1230. The van der Waals surface area contributed by atoms with E-state index in [0.717, 1.165) is 24.3 Å². The summed E-state index contributed by atoms with van der Waals surface area (Å²) in [6.45, 7) is 0.0451. The van der Waals surface area contributed by atoms with Gasteiger partial charge in [-0.3, -0.25) is 4.79 Å². The maximum Gasteiger partial charge on any atom is 0.322 e. The van der Waals surface area contributed by atoms with Crippen molar-refractivity contribution in [2.45, 2.75) is 12.6 Å². The number of aromatic amines is 1. The van der Waals surface area contributed by atoms with Crippen LogP contribution in [0.2, 0.25) is 0 Å². The van der Waals surface area contributed by atoms with Gasteiger partial charge in [-0.05, 0) is 29.7 Å². The van der Waals surface area contributed by atoms with Crippen LogP contribution in [-0.4, -0.2) is 29.6 Å². The minimum Gasteiger partial charge on any atom is -0.373 e. The number of hydrogen-bond acceptors (Lipinski definition) is 3. The molecule has 2 amide bonds. The number of H-pyrrole nitrogens is 1. The fraction of sp³-hybridized carbons (Fsp3) is 0.200. The molecule has 6 nitrogen and oxygen atoms in total. The van der Waals surface area contributed by atoms with Crippen molar-refractivity contribution in [2.75, 3.05) is 19.0 Å². The van der Waals surface area contributed by atoms with Gasteiger partial charge in [0.2, 0.25) is 0 Å². The van der Waals surface area contributed by atoms with Crippen LogP contribution in [-0.2, 0) is 11.3 Å². The lowest BCUT2D eigenvalue weighted by Gasteiger charge is -2.33. The highest BCUT2D eigenvalue weighted by atomic mass is 19.2. The molecule has 1 atom stereocenters. The van der Waals surface area contributed by atoms with Gasteiger partial charge in [-0.25, -0.2) is 22.4 Å². The van der Waals surface area contributed by atoms with Gasteiger partial charge < -0.3 is 19.9 Å². The first kappa shape index (κ1) is 19.9. The van der Waals surface area contributed by atoms with Crippen molar-refractivity contribution in [1.82, 2.24) is 9.88 Å². The predicted molar refractivity (Wildman–Crippen MR) is 100 cm³/mol. The molecule has 1 aromatic heterocycles. The van der Waals surface area contributed by atoms with Crippen LogP contribution in [0.3, 0.4) is 0 Å². The van der Waals surface area contributed by atoms with Gasteiger partial charge in [0.25, 0.3) is 5.56 Å². The maximum absolute atomic E-state index is 13.9. The third kappa shape index (κ3) is 3.39. The molecular weight excluding hydrogens is 406 g/mol. The number of nitrogens with one attached hydrogen (secondary N) is 2. The highest BCUT2D eigenvalue weighted by molar-refractivity contribution is 5.91. The fourth-order valence-corrected chi connectivity index (χ4v) is 3.47. The first-order chi connectivity index (χ1) is 14.3. The largest absolute Gasteiger partial charge is 0.373 e. The zero-order valence-corrected chi connectivity index (χ0v) is 15.6. The van der Waals surface area contributed by atoms with Crippen LogP contribution in [0.4, 0.5) is 28.0 Å². The van der Waals surface area contributed by atoms with E-state index < -0.39 is 40.9 Å². The van der Waals surface area contributed by atoms with Gasteiger partial charge in [0.1, 0.15) is 0 Å². The van der Waals surface area contributed by atoms with Crippen molar-refractivity contribution < 1.29 is 27.1 Å². The van der Waals surface area contributed by atoms with Crippen molar-refractivity contribution in [3.8, 4) is 0 Å². The van der Waals surface area contributed by atoms with Crippen LogP contribution >= 0.6 is 0 Å². The van der Waals surface area contributed by atoms with Gasteiger partial charge in [-0.2, -0.15) is 0 Å². The van der Waals surface area contributed by atoms with Crippen molar-refractivity contribution in [3.05, 3.63) is 75.2 Å². The lowest BCUT2D eigenvalue weighted by molar-refractivity contribution is 0.0527. The Morgan fingerprint density at radius 3 is 2.43 bits per heavy atom. The smallest absolute Gasteiger partial charge is 0.322 e. The van der Waals surface area contributed by atoms with E-state index in [2.05, 4.69) is 10.3 Å². The Balaban J connectivity index is 1.73. The molecule has 0 saturated heterocycles. The molecule has 2 heterocycles. The number of amides is 2. The van der Waals surface area contributed by atoms with Gasteiger partial charge in [-0.15, -0.1) is 0 Å². The Morgan fingerprint density at radius 1 is 1.07 bits per heavy atom. The number of likely N-dealkylation sites (N-methyl/N-ethyl adjacent to an activating group) is 1. The number of carbonyl (C=O) groups is 1. The molecule has 0 bridgehead atoms. The summed E-state index contributed by atoms with van der Waals surface area (Å²) in [5.41, 5.74) is 0.169. The predicted octanol–water partition coefficient (Wildman–Crippen LogP) is 3.82. The molecule has 30 heavy (non-hydrogen) atoms. The summed E-state index contributed by atoms with van der Waals surface area (Å²) in [5.74, 6) is -4.47. The highest BCUT2D eigenvalue weighted by Crippen LogP contribution is 2.33. The number of nitrogens with zero attached hydrogens (tertiary/aromatic N) is 1. The number of carbonyl (C=O) groups excluding carboxylic acids is 1. The van der Waals surface area contributed by atoms with E-state index in [1.54, 1.807) is 0 Å². The Kier molecular flexibility index (Phi) is 4.94. The number of halogens is 4. The number of urea groups is 1. The topological polar surface area (TPSA) is 74.4 Å². The van der Waals surface area contributed by atoms with Crippen LogP contribution in [0.25, 0.3) is 10.8 Å². The molecule has 10 heteroatoms. The van der Waals surface area contributed by atoms with Crippen LogP contribution in [0.15, 0.2) is 35.1 Å². The third-order valence-corrected chi connectivity index (χ3v) is 5.00. The minimum absolute atomic E-state index is 0.0225. The van der Waals surface area contributed by atoms with Crippen LogP contribution < -0.4 is 10.9 Å². The summed E-state index contributed by atoms with van der Waals surface area (Å²) in [5, 5.41) is 2.54. The molecule has 0 spiro atoms. The van der Waals surface area contributed by atoms with Gasteiger partial charge >= 0.3 is 6.03 Å². The number of benzene rings is 2. The second-order valence-corrected chi connectivity index (χ2v) is 6.86. The first-order valence-electron chi connectivity index (χ1n) is 8.86. The van der Waals surface area contributed by atoms with E-state index in [9.17, 15) is 27.2 Å². The Morgan fingerprint density at radius 2 is 1.73 bits per heavy atom. The highest BCUT2D eigenvalue weighted by Gasteiger charge is 2.31. The van der Waals surface area contributed by atoms with E-state index in [1.165, 1.54) is 18.0 Å². The van der Waals surface area contributed by atoms with Crippen molar-refractivity contribution in [3.63, 3.8) is 0 Å². The molecule has 1 unspecified atom stereocenters. The summed E-state index contributed by atoms with van der Waals surface area (Å²) >= 11 is 0. The van der Waals surface area contributed by atoms with E-state index in [0.29, 0.717) is 11.3 Å². The second kappa shape index (κ2) is 7.45. The number of fused-ring (bicyclic) bond motifs is 3. The lowest BCUT2D eigenvalue weighted by atomic mass is 9.95. The quantitative estimate of drug-likeness (QED) is 0.618. The summed E-state index contributed by atoms with van der Waals surface area (Å²) in [6.07, 6.45) is 0. The number of hydrogen-bond donors (Lipinski definition) is 2. The average molecular weight is 421 g/mol. The van der Waals surface area contributed by atoms with Gasteiger partial charge in [0, 0.05) is 30.1 Å². The average Bonchev–Trinajstić information content (AvgIpc) is 2.71. The summed E-state index contributed by atoms with van der Waals surface area (Å²) < 4.78 is 59.5. The molecule has 2 aromatic carbocycles. The van der Waals surface area contributed by atoms with E-state index in [-0.39, 0.29) is 29.7 Å². The molecule has 0 radical (unpaired) electrons. The number of anilines is 1. The zero-order chi connectivity index (χ0) is 21.6. The molecule has 156 valence electrons. The first-order valence-corrected chi connectivity index (χ1v) is 8.86. The van der Waals surface area contributed by atoms with E-state index in [4.69, 9.17) is 4.74 Å². The standard InChI is InChI=1S/C20H15F4N3O3/c1-27(20(29)25-9-2-3-12(21)13(22)4-9)17-8-30-7-16-18(17)10-5-14(23)15(24)6-11(10)19(28)26-16/h2-6,17H,7-8H2,1H3,(H,25,29)(H,26,28). The second-order valence-electron chi connectivity index (χ2n) is 6.86. The van der Waals surface area contributed by atoms with Crippen LogP contribution in [0, 0.1) is 23.3 Å². The number of ether oxygens (including phenoxy) is 1. The summed E-state index contributed by atoms with van der Waals surface area (Å²) in [4.78, 5) is 28.8. The van der Waals surface area contributed by atoms with Crippen molar-refractivity contribution in [2.24, 2.45) is 0 Å². The number of rotatable bonds is 2. The molecule has 0 fully saturated rings. The van der Waals surface area contributed by atoms with Gasteiger partial charge in [-0.1, -0.05) is 0 Å². The van der Waals surface area contributed by atoms with Gasteiger partial charge in [0.15, 0.2) is 23.3 Å².